The zero-order valence-electron chi connectivity index (χ0n) is 16.0. The molecule has 0 radical (unpaired) electrons. The van der Waals surface area contributed by atoms with Gasteiger partial charge in [0.15, 0.2) is 5.13 Å². The van der Waals surface area contributed by atoms with Crippen molar-refractivity contribution in [2.45, 2.75) is 6.36 Å². The van der Waals surface area contributed by atoms with Crippen LogP contribution in [0.3, 0.4) is 0 Å². The van der Waals surface area contributed by atoms with E-state index in [2.05, 4.69) is 9.72 Å². The van der Waals surface area contributed by atoms with E-state index in [4.69, 9.17) is 0 Å². The fraction of sp³-hybridized carbons (Fsp3) is 0.263. The Hall–Kier alpha value is -2.14. The van der Waals surface area contributed by atoms with Crippen LogP contribution in [0.25, 0.3) is 16.3 Å². The van der Waals surface area contributed by atoms with Crippen molar-refractivity contribution in [1.29, 1.82) is 0 Å². The van der Waals surface area contributed by atoms with Crippen LogP contribution in [0.1, 0.15) is 4.88 Å². The second kappa shape index (κ2) is 10.3. The third-order valence-corrected chi connectivity index (χ3v) is 5.66. The quantitative estimate of drug-likeness (QED) is 0.434. The maximum atomic E-state index is 12.8. The van der Waals surface area contributed by atoms with Crippen molar-refractivity contribution >= 4 is 62.4 Å². The number of amides is 1. The molecule has 162 valence electrons. The number of thiophene rings is 1. The van der Waals surface area contributed by atoms with Gasteiger partial charge in [0.1, 0.15) is 5.75 Å². The zero-order valence-corrected chi connectivity index (χ0v) is 18.5. The average Bonchev–Trinajstić information content (AvgIpc) is 3.27. The molecule has 0 aliphatic rings. The van der Waals surface area contributed by atoms with Crippen LogP contribution in [0, 0.1) is 0 Å². The van der Waals surface area contributed by atoms with Crippen LogP contribution < -0.4 is 9.64 Å². The predicted octanol–water partition coefficient (Wildman–Crippen LogP) is 5.29. The Labute approximate surface area is 185 Å². The first-order valence-electron chi connectivity index (χ1n) is 8.55. The lowest BCUT2D eigenvalue weighted by Gasteiger charge is -2.20. The first kappa shape index (κ1) is 24.1. The number of likely N-dealkylation sites (N-methyl/N-ethyl adjacent to an activating group) is 1. The number of carbonyl (C=O) groups excluding carboxylic acids is 1. The number of rotatable bonds is 7. The zero-order chi connectivity index (χ0) is 21.0. The molecule has 0 aliphatic heterocycles. The number of hydrogen-bond acceptors (Lipinski definition) is 6. The van der Waals surface area contributed by atoms with Gasteiger partial charge in [0.05, 0.1) is 10.2 Å². The summed E-state index contributed by atoms with van der Waals surface area (Å²) in [6.07, 6.45) is -1.55. The fourth-order valence-corrected chi connectivity index (χ4v) is 4.08. The van der Waals surface area contributed by atoms with Crippen LogP contribution in [-0.4, -0.2) is 49.3 Å². The molecule has 0 saturated heterocycles. The summed E-state index contributed by atoms with van der Waals surface area (Å²) in [7, 11) is 3.78. The molecule has 30 heavy (non-hydrogen) atoms. The van der Waals surface area contributed by atoms with Gasteiger partial charge in [-0.3, -0.25) is 9.69 Å². The highest BCUT2D eigenvalue weighted by Crippen LogP contribution is 2.33. The number of fused-ring (bicyclic) bond motifs is 1. The minimum atomic E-state index is -4.76. The summed E-state index contributed by atoms with van der Waals surface area (Å²) in [6.45, 7) is 1.00. The molecular weight excluding hydrogens is 459 g/mol. The van der Waals surface area contributed by atoms with Gasteiger partial charge >= 0.3 is 6.36 Å². The van der Waals surface area contributed by atoms with Crippen molar-refractivity contribution in [3.63, 3.8) is 0 Å². The summed E-state index contributed by atoms with van der Waals surface area (Å²) < 4.78 is 41.9. The van der Waals surface area contributed by atoms with E-state index in [1.807, 2.05) is 36.5 Å². The summed E-state index contributed by atoms with van der Waals surface area (Å²) in [5.74, 6) is -0.560. The van der Waals surface area contributed by atoms with E-state index in [1.165, 1.54) is 40.5 Å². The lowest BCUT2D eigenvalue weighted by Crippen LogP contribution is -2.35. The fourth-order valence-electron chi connectivity index (χ4n) is 2.43. The van der Waals surface area contributed by atoms with Crippen LogP contribution in [0.5, 0.6) is 5.75 Å². The van der Waals surface area contributed by atoms with Crippen molar-refractivity contribution in [2.75, 3.05) is 32.1 Å². The normalized spacial score (nSPS) is 11.8. The Kier molecular flexibility index (Phi) is 8.25. The Balaban J connectivity index is 0.00000320. The minimum Gasteiger partial charge on any atom is -0.406 e. The van der Waals surface area contributed by atoms with Crippen molar-refractivity contribution in [3.8, 4) is 5.75 Å². The summed E-state index contributed by atoms with van der Waals surface area (Å²) >= 11 is 2.66. The number of nitrogens with zero attached hydrogens (tertiary/aromatic N) is 3. The topological polar surface area (TPSA) is 45.7 Å². The van der Waals surface area contributed by atoms with Crippen molar-refractivity contribution in [2.24, 2.45) is 0 Å². The van der Waals surface area contributed by atoms with Gasteiger partial charge in [-0.1, -0.05) is 17.4 Å². The number of carbonyl (C=O) groups is 1. The largest absolute Gasteiger partial charge is 0.573 e. The van der Waals surface area contributed by atoms with E-state index in [0.29, 0.717) is 28.4 Å². The molecule has 2 heterocycles. The highest BCUT2D eigenvalue weighted by Gasteiger charge is 2.31. The standard InChI is InChI=1S/C19H18F3N3O2S2.ClH/c1-24(2)9-10-25(17(26)8-6-14-4-3-11-28-14)18-23-15-7-5-13(12-16(15)29-18)27-19(20,21)22;/h3-8,11-12H,9-10H2,1-2H3;1H. The molecule has 0 bridgehead atoms. The maximum Gasteiger partial charge on any atom is 0.573 e. The SMILES string of the molecule is CN(C)CCN(C(=O)C=Cc1cccs1)c1nc2ccc(OC(F)(F)F)cc2s1.Cl. The number of hydrogen-bond donors (Lipinski definition) is 0. The molecule has 0 aliphatic carbocycles. The number of thiazole rings is 1. The van der Waals surface area contributed by atoms with Gasteiger partial charge in [-0.2, -0.15) is 0 Å². The lowest BCUT2D eigenvalue weighted by molar-refractivity contribution is -0.274. The molecule has 0 fully saturated rings. The number of aromatic nitrogens is 1. The van der Waals surface area contributed by atoms with Gasteiger partial charge in [-0.15, -0.1) is 36.9 Å². The predicted molar refractivity (Wildman–Crippen MR) is 118 cm³/mol. The number of benzene rings is 1. The summed E-state index contributed by atoms with van der Waals surface area (Å²) in [6, 6.07) is 7.74. The van der Waals surface area contributed by atoms with E-state index < -0.39 is 6.36 Å². The molecule has 1 amide bonds. The number of alkyl halides is 3. The van der Waals surface area contributed by atoms with E-state index in [-0.39, 0.29) is 24.1 Å². The van der Waals surface area contributed by atoms with Crippen molar-refractivity contribution < 1.29 is 22.7 Å². The van der Waals surface area contributed by atoms with E-state index in [9.17, 15) is 18.0 Å². The number of ether oxygens (including phenoxy) is 1. The third kappa shape index (κ3) is 6.69. The lowest BCUT2D eigenvalue weighted by atomic mass is 10.3. The van der Waals surface area contributed by atoms with Crippen LogP contribution in [0.15, 0.2) is 41.8 Å². The highest BCUT2D eigenvalue weighted by molar-refractivity contribution is 7.22. The first-order valence-corrected chi connectivity index (χ1v) is 10.2. The molecule has 0 saturated carbocycles. The van der Waals surface area contributed by atoms with Crippen LogP contribution >= 0.6 is 35.1 Å². The molecule has 11 heteroatoms. The Morgan fingerprint density at radius 1 is 1.23 bits per heavy atom. The minimum absolute atomic E-state index is 0. The van der Waals surface area contributed by atoms with Crippen molar-refractivity contribution in [1.82, 2.24) is 9.88 Å². The molecule has 3 rings (SSSR count). The van der Waals surface area contributed by atoms with Gasteiger partial charge < -0.3 is 9.64 Å². The first-order chi connectivity index (χ1) is 13.7. The highest BCUT2D eigenvalue weighted by atomic mass is 35.5. The van der Waals surface area contributed by atoms with E-state index in [0.717, 1.165) is 16.2 Å². The maximum absolute atomic E-state index is 12.8. The molecular formula is C19H19ClF3N3O2S2. The second-order valence-electron chi connectivity index (χ2n) is 6.32. The molecule has 0 N–H and O–H groups in total. The number of anilines is 1. The molecule has 3 aromatic rings. The monoisotopic (exact) mass is 477 g/mol. The summed E-state index contributed by atoms with van der Waals surface area (Å²) in [5.41, 5.74) is 0.504. The Bertz CT molecular complexity index is 1000. The van der Waals surface area contributed by atoms with Gasteiger partial charge in [0, 0.05) is 30.1 Å². The van der Waals surface area contributed by atoms with Gasteiger partial charge in [-0.25, -0.2) is 4.98 Å². The van der Waals surface area contributed by atoms with Gasteiger partial charge in [0.2, 0.25) is 0 Å². The van der Waals surface area contributed by atoms with E-state index >= 15 is 0 Å². The third-order valence-electron chi connectivity index (χ3n) is 3.78. The molecule has 0 spiro atoms. The smallest absolute Gasteiger partial charge is 0.406 e. The van der Waals surface area contributed by atoms with Gasteiger partial charge in [-0.05, 0) is 43.8 Å². The average molecular weight is 478 g/mol. The number of halogens is 4. The second-order valence-corrected chi connectivity index (χ2v) is 8.30. The van der Waals surface area contributed by atoms with Crippen molar-refractivity contribution in [3.05, 3.63) is 46.7 Å². The Morgan fingerprint density at radius 3 is 2.63 bits per heavy atom. The summed E-state index contributed by atoms with van der Waals surface area (Å²) in [5, 5.41) is 2.34. The molecule has 5 nitrogen and oxygen atoms in total. The molecule has 2 aromatic heterocycles. The van der Waals surface area contributed by atoms with Crippen LogP contribution in [0.2, 0.25) is 0 Å². The molecule has 0 atom stereocenters. The Morgan fingerprint density at radius 2 is 2.00 bits per heavy atom. The van der Waals surface area contributed by atoms with Crippen LogP contribution in [0.4, 0.5) is 18.3 Å². The summed E-state index contributed by atoms with van der Waals surface area (Å²) in [4.78, 5) is 21.6. The van der Waals surface area contributed by atoms with E-state index in [1.54, 1.807) is 6.08 Å². The molecule has 1 aromatic carbocycles. The molecule has 0 unspecified atom stereocenters. The van der Waals surface area contributed by atoms with Gasteiger partial charge in [0.25, 0.3) is 5.91 Å². The van der Waals surface area contributed by atoms with Crippen LogP contribution in [-0.2, 0) is 4.79 Å².